The molecule has 5 heteroatoms. The molecule has 0 aliphatic carbocycles. The highest BCUT2D eigenvalue weighted by Crippen LogP contribution is 2.35. The van der Waals surface area contributed by atoms with E-state index in [1.165, 1.54) is 0 Å². The largest absolute Gasteiger partial charge is 0.497 e. The Morgan fingerprint density at radius 3 is 2.80 bits per heavy atom. The van der Waals surface area contributed by atoms with Crippen molar-refractivity contribution in [3.63, 3.8) is 0 Å². The van der Waals surface area contributed by atoms with Crippen molar-refractivity contribution in [2.75, 3.05) is 7.11 Å². The van der Waals surface area contributed by atoms with E-state index in [-0.39, 0.29) is 5.78 Å². The van der Waals surface area contributed by atoms with Gasteiger partial charge in [-0.2, -0.15) is 0 Å². The Morgan fingerprint density at radius 2 is 1.90 bits per heavy atom. The zero-order valence-corrected chi connectivity index (χ0v) is 16.3. The summed E-state index contributed by atoms with van der Waals surface area (Å²) >= 11 is 0. The van der Waals surface area contributed by atoms with Crippen molar-refractivity contribution in [3.05, 3.63) is 95.4 Å². The third-order valence-corrected chi connectivity index (χ3v) is 5.09. The number of H-pyrrole nitrogens is 1. The Morgan fingerprint density at radius 1 is 1.00 bits per heavy atom. The van der Waals surface area contributed by atoms with Crippen molar-refractivity contribution in [2.24, 2.45) is 0 Å². The number of benzene rings is 3. The van der Waals surface area contributed by atoms with Gasteiger partial charge in [0.25, 0.3) is 0 Å². The molecule has 1 aliphatic rings. The molecular weight excluding hydrogens is 378 g/mol. The number of aromatic amines is 1. The van der Waals surface area contributed by atoms with Gasteiger partial charge < -0.3 is 19.2 Å². The van der Waals surface area contributed by atoms with Gasteiger partial charge in [-0.3, -0.25) is 4.79 Å². The van der Waals surface area contributed by atoms with Crippen LogP contribution in [0.1, 0.15) is 21.5 Å². The lowest BCUT2D eigenvalue weighted by atomic mass is 10.1. The number of methoxy groups -OCH3 is 1. The normalized spacial score (nSPS) is 14.0. The molecule has 0 unspecified atom stereocenters. The standard InChI is InChI=1S/C25H19NO4/c1-28-18-6-4-5-16(11-18)15-29-19-9-10-21-23(13-19)30-24(25(21)27)12-17-14-26-22-8-3-2-7-20(17)22/h2-14,26H,15H2,1H3/b24-12+. The molecule has 5 rings (SSSR count). The number of allylic oxidation sites excluding steroid dienone is 1. The average molecular weight is 397 g/mol. The second kappa shape index (κ2) is 7.44. The molecule has 0 fully saturated rings. The predicted molar refractivity (Wildman–Crippen MR) is 115 cm³/mol. The molecule has 2 heterocycles. The summed E-state index contributed by atoms with van der Waals surface area (Å²) in [5, 5.41) is 1.04. The molecule has 3 aromatic carbocycles. The number of nitrogens with one attached hydrogen (secondary N) is 1. The molecule has 0 atom stereocenters. The zero-order valence-electron chi connectivity index (χ0n) is 16.3. The lowest BCUT2D eigenvalue weighted by Crippen LogP contribution is -1.97. The number of ether oxygens (including phenoxy) is 3. The number of fused-ring (bicyclic) bond motifs is 2. The summed E-state index contributed by atoms with van der Waals surface area (Å²) in [5.74, 6) is 2.10. The van der Waals surface area contributed by atoms with Crippen molar-refractivity contribution in [1.29, 1.82) is 0 Å². The van der Waals surface area contributed by atoms with E-state index >= 15 is 0 Å². The molecular formula is C25H19NO4. The van der Waals surface area contributed by atoms with Gasteiger partial charge in [-0.25, -0.2) is 0 Å². The molecule has 5 nitrogen and oxygen atoms in total. The first-order valence-electron chi connectivity index (χ1n) is 9.61. The van der Waals surface area contributed by atoms with Crippen LogP contribution in [0, 0.1) is 0 Å². The van der Waals surface area contributed by atoms with Crippen molar-refractivity contribution in [2.45, 2.75) is 6.61 Å². The van der Waals surface area contributed by atoms with Gasteiger partial charge in [-0.05, 0) is 42.0 Å². The number of aromatic nitrogens is 1. The number of rotatable bonds is 5. The molecule has 0 bridgehead atoms. The van der Waals surface area contributed by atoms with Gasteiger partial charge >= 0.3 is 0 Å². The first-order valence-corrected chi connectivity index (χ1v) is 9.61. The van der Waals surface area contributed by atoms with Crippen LogP contribution in [0.4, 0.5) is 0 Å². The highest BCUT2D eigenvalue weighted by Gasteiger charge is 2.28. The van der Waals surface area contributed by atoms with Crippen LogP contribution in [0.5, 0.6) is 17.2 Å². The minimum absolute atomic E-state index is 0.130. The topological polar surface area (TPSA) is 60.6 Å². The number of ketones is 1. The summed E-state index contributed by atoms with van der Waals surface area (Å²) in [5.41, 5.74) is 3.46. The second-order valence-corrected chi connectivity index (χ2v) is 7.03. The monoisotopic (exact) mass is 397 g/mol. The van der Waals surface area contributed by atoms with Crippen molar-refractivity contribution in [3.8, 4) is 17.2 Å². The van der Waals surface area contributed by atoms with Crippen LogP contribution >= 0.6 is 0 Å². The Kier molecular flexibility index (Phi) is 4.48. The zero-order chi connectivity index (χ0) is 20.5. The van der Waals surface area contributed by atoms with Gasteiger partial charge in [0.05, 0.1) is 12.7 Å². The van der Waals surface area contributed by atoms with E-state index in [9.17, 15) is 4.79 Å². The number of carbonyl (C=O) groups is 1. The first kappa shape index (κ1) is 18.1. The Hall–Kier alpha value is -3.99. The van der Waals surface area contributed by atoms with Crippen molar-refractivity contribution in [1.82, 2.24) is 4.98 Å². The quantitative estimate of drug-likeness (QED) is 0.460. The van der Waals surface area contributed by atoms with Crippen LogP contribution in [-0.2, 0) is 6.61 Å². The third kappa shape index (κ3) is 3.31. The lowest BCUT2D eigenvalue weighted by Gasteiger charge is -2.08. The molecule has 0 amide bonds. The third-order valence-electron chi connectivity index (χ3n) is 5.09. The Labute approximate surface area is 173 Å². The van der Waals surface area contributed by atoms with Crippen LogP contribution < -0.4 is 14.2 Å². The molecule has 0 spiro atoms. The maximum absolute atomic E-state index is 12.8. The van der Waals surface area contributed by atoms with Gasteiger partial charge in [-0.15, -0.1) is 0 Å². The summed E-state index contributed by atoms with van der Waals surface area (Å²) < 4.78 is 17.0. The number of para-hydroxylation sites is 1. The highest BCUT2D eigenvalue weighted by atomic mass is 16.5. The number of hydrogen-bond acceptors (Lipinski definition) is 4. The van der Waals surface area contributed by atoms with Gasteiger partial charge in [0.15, 0.2) is 5.76 Å². The maximum atomic E-state index is 12.8. The maximum Gasteiger partial charge on any atom is 0.231 e. The molecule has 1 aliphatic heterocycles. The van der Waals surface area contributed by atoms with E-state index < -0.39 is 0 Å². The number of hydrogen-bond donors (Lipinski definition) is 1. The van der Waals surface area contributed by atoms with Crippen LogP contribution in [0.3, 0.4) is 0 Å². The predicted octanol–water partition coefficient (Wildman–Crippen LogP) is 5.37. The van der Waals surface area contributed by atoms with Crippen molar-refractivity contribution >= 4 is 22.8 Å². The van der Waals surface area contributed by atoms with E-state index in [0.29, 0.717) is 29.4 Å². The lowest BCUT2D eigenvalue weighted by molar-refractivity contribution is 0.101. The fourth-order valence-corrected chi connectivity index (χ4v) is 3.54. The van der Waals surface area contributed by atoms with E-state index in [0.717, 1.165) is 27.8 Å². The molecule has 1 N–H and O–H groups in total. The van der Waals surface area contributed by atoms with Crippen LogP contribution in [0.2, 0.25) is 0 Å². The fourth-order valence-electron chi connectivity index (χ4n) is 3.54. The fraction of sp³-hybridized carbons (Fsp3) is 0.0800. The van der Waals surface area contributed by atoms with Gasteiger partial charge in [0.1, 0.15) is 23.9 Å². The smallest absolute Gasteiger partial charge is 0.231 e. The summed E-state index contributed by atoms with van der Waals surface area (Å²) in [4.78, 5) is 16.0. The summed E-state index contributed by atoms with van der Waals surface area (Å²) in [7, 11) is 1.64. The van der Waals surface area contributed by atoms with Gasteiger partial charge in [0, 0.05) is 28.7 Å². The molecule has 0 saturated heterocycles. The minimum atomic E-state index is -0.130. The first-order chi connectivity index (χ1) is 14.7. The second-order valence-electron chi connectivity index (χ2n) is 7.03. The van der Waals surface area contributed by atoms with E-state index in [4.69, 9.17) is 14.2 Å². The average Bonchev–Trinajstić information content (AvgIpc) is 3.33. The van der Waals surface area contributed by atoms with Gasteiger partial charge in [-0.1, -0.05) is 30.3 Å². The molecule has 0 radical (unpaired) electrons. The molecule has 1 aromatic heterocycles. The van der Waals surface area contributed by atoms with Crippen molar-refractivity contribution < 1.29 is 19.0 Å². The molecule has 4 aromatic rings. The number of Topliss-reactive ketones (excluding diaryl/α,β-unsaturated/α-hetero) is 1. The van der Waals surface area contributed by atoms with Crippen LogP contribution in [-0.4, -0.2) is 17.9 Å². The van der Waals surface area contributed by atoms with E-state index in [1.54, 1.807) is 31.4 Å². The highest BCUT2D eigenvalue weighted by molar-refractivity contribution is 6.15. The van der Waals surface area contributed by atoms with Crippen LogP contribution in [0.25, 0.3) is 17.0 Å². The molecule has 30 heavy (non-hydrogen) atoms. The van der Waals surface area contributed by atoms with Gasteiger partial charge in [0.2, 0.25) is 5.78 Å². The SMILES string of the molecule is COc1cccc(COc2ccc3c(c2)O/C(=C/c2c[nH]c4ccccc24)C3=O)c1. The number of carbonyl (C=O) groups excluding carboxylic acids is 1. The summed E-state index contributed by atoms with van der Waals surface area (Å²) in [6.07, 6.45) is 3.65. The van der Waals surface area contributed by atoms with Crippen LogP contribution in [0.15, 0.2) is 78.7 Å². The minimum Gasteiger partial charge on any atom is -0.497 e. The molecule has 148 valence electrons. The Balaban J connectivity index is 1.36. The Bertz CT molecular complexity index is 1290. The summed E-state index contributed by atoms with van der Waals surface area (Å²) in [6.45, 7) is 0.391. The van der Waals surface area contributed by atoms with E-state index in [2.05, 4.69) is 4.98 Å². The summed E-state index contributed by atoms with van der Waals surface area (Å²) in [6, 6.07) is 20.9. The van der Waals surface area contributed by atoms with E-state index in [1.807, 2.05) is 54.7 Å². The molecule has 0 saturated carbocycles.